The molecule has 4 N–H and O–H groups in total. The number of carbonyl (C=O) groups excluding carboxylic acids is 1. The van der Waals surface area contributed by atoms with E-state index in [1.54, 1.807) is 12.1 Å². The summed E-state index contributed by atoms with van der Waals surface area (Å²) in [6, 6.07) is 5.73. The van der Waals surface area contributed by atoms with E-state index < -0.39 is 5.91 Å². The second kappa shape index (κ2) is 8.39. The van der Waals surface area contributed by atoms with Gasteiger partial charge < -0.3 is 21.3 Å². The lowest BCUT2D eigenvalue weighted by Crippen LogP contribution is -2.49. The summed E-state index contributed by atoms with van der Waals surface area (Å²) >= 11 is 0. The molecule has 2 fully saturated rings. The average Bonchev–Trinajstić information content (AvgIpc) is 3.52. The Morgan fingerprint density at radius 3 is 2.53 bits per heavy atom. The van der Waals surface area contributed by atoms with Crippen molar-refractivity contribution in [2.45, 2.75) is 38.8 Å². The van der Waals surface area contributed by atoms with E-state index in [-0.39, 0.29) is 23.5 Å². The highest BCUT2D eigenvalue weighted by Gasteiger charge is 2.25. The van der Waals surface area contributed by atoms with Crippen LogP contribution in [0.3, 0.4) is 0 Å². The van der Waals surface area contributed by atoms with Crippen molar-refractivity contribution in [3.05, 3.63) is 29.7 Å². The average molecular weight is 414 g/mol. The maximum atomic E-state index is 14.8. The minimum atomic E-state index is -0.697. The second-order valence-corrected chi connectivity index (χ2v) is 8.02. The Kier molecular flexibility index (Phi) is 5.67. The number of nitrogens with one attached hydrogen (secondary N) is 2. The summed E-state index contributed by atoms with van der Waals surface area (Å²) in [5.41, 5.74) is 6.43. The molecule has 2 heterocycles. The lowest BCUT2D eigenvalue weighted by Gasteiger charge is -2.38. The Morgan fingerprint density at radius 1 is 1.20 bits per heavy atom. The molecule has 1 aliphatic carbocycles. The van der Waals surface area contributed by atoms with Crippen LogP contribution in [-0.4, -0.2) is 64.3 Å². The molecule has 0 unspecified atom stereocenters. The molecular formula is C20H27FN8O. The maximum absolute atomic E-state index is 14.8. The zero-order valence-corrected chi connectivity index (χ0v) is 17.2. The molecular weight excluding hydrogens is 387 g/mol. The van der Waals surface area contributed by atoms with Crippen molar-refractivity contribution in [1.29, 1.82) is 0 Å². The molecule has 1 saturated heterocycles. The van der Waals surface area contributed by atoms with Crippen LogP contribution in [0.15, 0.2) is 18.2 Å². The van der Waals surface area contributed by atoms with Crippen LogP contribution in [0.5, 0.6) is 0 Å². The van der Waals surface area contributed by atoms with Crippen molar-refractivity contribution < 1.29 is 9.18 Å². The summed E-state index contributed by atoms with van der Waals surface area (Å²) in [6.07, 6.45) is 2.01. The van der Waals surface area contributed by atoms with Gasteiger partial charge in [-0.2, -0.15) is 4.98 Å². The molecule has 0 spiro atoms. The number of benzene rings is 1. The van der Waals surface area contributed by atoms with Crippen molar-refractivity contribution in [2.75, 3.05) is 41.7 Å². The zero-order valence-electron chi connectivity index (χ0n) is 17.2. The topological polar surface area (TPSA) is 112 Å². The molecule has 9 nitrogen and oxygen atoms in total. The highest BCUT2D eigenvalue weighted by molar-refractivity contribution is 5.95. The smallest absolute Gasteiger partial charge is 0.273 e. The van der Waals surface area contributed by atoms with Crippen LogP contribution in [0.2, 0.25) is 0 Å². The normalized spacial score (nSPS) is 17.3. The standard InChI is InChI=1S/C20H27FN8O/c1-12(2)28-7-9-29(10-8-28)16-6-5-14(11-15(16)21)24-20-25-19(23-13-3-4-13)17(18(22)30)26-27-20/h5-6,11-13H,3-4,7-10H2,1-2H3,(H2,22,30)(H2,23,24,25,27). The van der Waals surface area contributed by atoms with Crippen molar-refractivity contribution in [1.82, 2.24) is 20.1 Å². The van der Waals surface area contributed by atoms with Gasteiger partial charge in [0.1, 0.15) is 5.82 Å². The Hall–Kier alpha value is -3.01. The number of nitrogens with two attached hydrogens (primary N) is 1. The molecule has 0 atom stereocenters. The monoisotopic (exact) mass is 414 g/mol. The summed E-state index contributed by atoms with van der Waals surface area (Å²) in [7, 11) is 0. The first-order valence-electron chi connectivity index (χ1n) is 10.3. The highest BCUT2D eigenvalue weighted by atomic mass is 19.1. The SMILES string of the molecule is CC(C)N1CCN(c2ccc(Nc3nnc(C(N)=O)c(NC4CC4)n3)cc2F)CC1. The maximum Gasteiger partial charge on any atom is 0.273 e. The van der Waals surface area contributed by atoms with Gasteiger partial charge in [0.05, 0.1) is 5.69 Å². The number of hydrogen-bond acceptors (Lipinski definition) is 8. The van der Waals surface area contributed by atoms with E-state index in [1.807, 2.05) is 0 Å². The van der Waals surface area contributed by atoms with Crippen LogP contribution in [0, 0.1) is 5.82 Å². The van der Waals surface area contributed by atoms with Crippen molar-refractivity contribution >= 4 is 29.0 Å². The number of anilines is 4. The lowest BCUT2D eigenvalue weighted by molar-refractivity contribution is 0.0995. The van der Waals surface area contributed by atoms with E-state index in [0.717, 1.165) is 39.0 Å². The van der Waals surface area contributed by atoms with E-state index in [2.05, 4.69) is 49.5 Å². The first kappa shape index (κ1) is 20.3. The largest absolute Gasteiger partial charge is 0.367 e. The zero-order chi connectivity index (χ0) is 21.3. The number of amides is 1. The molecule has 0 radical (unpaired) electrons. The van der Waals surface area contributed by atoms with Gasteiger partial charge in [0.25, 0.3) is 5.91 Å². The van der Waals surface area contributed by atoms with Gasteiger partial charge in [-0.25, -0.2) is 4.39 Å². The summed E-state index contributed by atoms with van der Waals surface area (Å²) in [5, 5.41) is 13.9. The van der Waals surface area contributed by atoms with Gasteiger partial charge in [-0.1, -0.05) is 0 Å². The second-order valence-electron chi connectivity index (χ2n) is 8.02. The van der Waals surface area contributed by atoms with Crippen molar-refractivity contribution in [3.63, 3.8) is 0 Å². The molecule has 1 aliphatic heterocycles. The molecule has 1 amide bonds. The molecule has 2 aromatic rings. The summed E-state index contributed by atoms with van der Waals surface area (Å²) in [5.74, 6) is -0.544. The van der Waals surface area contributed by atoms with E-state index in [1.165, 1.54) is 6.07 Å². The number of halogens is 1. The fourth-order valence-corrected chi connectivity index (χ4v) is 3.52. The number of rotatable bonds is 7. The van der Waals surface area contributed by atoms with E-state index in [4.69, 9.17) is 5.73 Å². The van der Waals surface area contributed by atoms with E-state index in [9.17, 15) is 9.18 Å². The minimum absolute atomic E-state index is 0.00508. The molecule has 1 aromatic heterocycles. The van der Waals surface area contributed by atoms with Crippen LogP contribution in [0.25, 0.3) is 0 Å². The fourth-order valence-electron chi connectivity index (χ4n) is 3.52. The molecule has 30 heavy (non-hydrogen) atoms. The molecule has 0 bridgehead atoms. The lowest BCUT2D eigenvalue weighted by atomic mass is 10.2. The Morgan fingerprint density at radius 2 is 1.93 bits per heavy atom. The predicted octanol–water partition coefficient (Wildman–Crippen LogP) is 1.96. The third-order valence-electron chi connectivity index (χ3n) is 5.43. The number of primary amides is 1. The summed E-state index contributed by atoms with van der Waals surface area (Å²) < 4.78 is 14.8. The number of hydrogen-bond donors (Lipinski definition) is 3. The molecule has 1 saturated carbocycles. The third-order valence-corrected chi connectivity index (χ3v) is 5.43. The number of aromatic nitrogens is 3. The van der Waals surface area contributed by atoms with Crippen molar-refractivity contribution in [2.24, 2.45) is 5.73 Å². The van der Waals surface area contributed by atoms with Crippen LogP contribution in [0.4, 0.5) is 27.5 Å². The quantitative estimate of drug-likeness (QED) is 0.630. The summed E-state index contributed by atoms with van der Waals surface area (Å²) in [6.45, 7) is 7.77. The van der Waals surface area contributed by atoms with Gasteiger partial charge in [0.2, 0.25) is 5.95 Å². The molecule has 10 heteroatoms. The van der Waals surface area contributed by atoms with Crippen LogP contribution in [0.1, 0.15) is 37.2 Å². The van der Waals surface area contributed by atoms with Crippen molar-refractivity contribution in [3.8, 4) is 0 Å². The fraction of sp³-hybridized carbons (Fsp3) is 0.500. The number of carbonyl (C=O) groups is 1. The molecule has 2 aliphatic rings. The van der Waals surface area contributed by atoms with Gasteiger partial charge in [0.15, 0.2) is 11.5 Å². The van der Waals surface area contributed by atoms with Gasteiger partial charge in [-0.05, 0) is 44.9 Å². The molecule has 4 rings (SSSR count). The molecule has 160 valence electrons. The van der Waals surface area contributed by atoms with Crippen LogP contribution >= 0.6 is 0 Å². The first-order chi connectivity index (χ1) is 14.4. The number of nitrogens with zero attached hydrogens (tertiary/aromatic N) is 5. The Balaban J connectivity index is 1.46. The van der Waals surface area contributed by atoms with Crippen LogP contribution < -0.4 is 21.3 Å². The third kappa shape index (κ3) is 4.59. The van der Waals surface area contributed by atoms with Gasteiger partial charge in [0, 0.05) is 44.0 Å². The van der Waals surface area contributed by atoms with Gasteiger partial charge in [-0.3, -0.25) is 9.69 Å². The first-order valence-corrected chi connectivity index (χ1v) is 10.3. The van der Waals surface area contributed by atoms with Gasteiger partial charge >= 0.3 is 0 Å². The Labute approximate surface area is 174 Å². The highest BCUT2D eigenvalue weighted by Crippen LogP contribution is 2.27. The summed E-state index contributed by atoms with van der Waals surface area (Å²) in [4.78, 5) is 20.3. The predicted molar refractivity (Wildman–Crippen MR) is 114 cm³/mol. The molecule has 1 aromatic carbocycles. The van der Waals surface area contributed by atoms with Crippen LogP contribution in [-0.2, 0) is 0 Å². The van der Waals surface area contributed by atoms with Gasteiger partial charge in [-0.15, -0.1) is 10.2 Å². The Bertz CT molecular complexity index is 925. The number of piperazine rings is 1. The van der Waals surface area contributed by atoms with E-state index >= 15 is 0 Å². The van der Waals surface area contributed by atoms with E-state index in [0.29, 0.717) is 23.2 Å². The minimum Gasteiger partial charge on any atom is -0.367 e.